The van der Waals surface area contributed by atoms with Gasteiger partial charge in [0.2, 0.25) is 11.9 Å². The van der Waals surface area contributed by atoms with Crippen molar-refractivity contribution in [2.75, 3.05) is 36.5 Å². The summed E-state index contributed by atoms with van der Waals surface area (Å²) < 4.78 is 3.44. The van der Waals surface area contributed by atoms with Crippen molar-refractivity contribution in [2.45, 2.75) is 45.8 Å². The van der Waals surface area contributed by atoms with Crippen LogP contribution in [-0.4, -0.2) is 66.3 Å². The van der Waals surface area contributed by atoms with Crippen molar-refractivity contribution >= 4 is 34.7 Å². The molecule has 160 valence electrons. The molecule has 1 aliphatic rings. The van der Waals surface area contributed by atoms with Crippen LogP contribution in [0.5, 0.6) is 0 Å². The number of aryl methyl sites for hydroxylation is 2. The topological polar surface area (TPSA) is 132 Å². The van der Waals surface area contributed by atoms with E-state index in [-0.39, 0.29) is 18.4 Å². The number of hydrogen-bond donors (Lipinski definition) is 3. The number of nitrogens with zero attached hydrogens (tertiary/aromatic N) is 7. The Morgan fingerprint density at radius 2 is 2.07 bits per heavy atom. The molecule has 4 heterocycles. The molecule has 0 aromatic carbocycles. The van der Waals surface area contributed by atoms with Gasteiger partial charge < -0.3 is 25.8 Å². The number of fused-ring (bicyclic) bond motifs is 1. The predicted octanol–water partition coefficient (Wildman–Crippen LogP) is 1.08. The number of anilines is 3. The van der Waals surface area contributed by atoms with Gasteiger partial charge in [-0.2, -0.15) is 15.1 Å². The first-order valence-electron chi connectivity index (χ1n) is 10.2. The second-order valence-electron chi connectivity index (χ2n) is 7.73. The molecule has 11 nitrogen and oxygen atoms in total. The number of likely N-dealkylation sites (tertiary alicyclic amines) is 1. The fourth-order valence-electron chi connectivity index (χ4n) is 3.75. The van der Waals surface area contributed by atoms with E-state index in [4.69, 9.17) is 5.73 Å². The molecule has 0 bridgehead atoms. The molecule has 30 heavy (non-hydrogen) atoms. The zero-order valence-corrected chi connectivity index (χ0v) is 17.6. The van der Waals surface area contributed by atoms with Crippen LogP contribution in [0.25, 0.3) is 11.2 Å². The molecular weight excluding hydrogens is 384 g/mol. The Morgan fingerprint density at radius 1 is 1.30 bits per heavy atom. The third-order valence-electron chi connectivity index (χ3n) is 5.32. The summed E-state index contributed by atoms with van der Waals surface area (Å²) in [5.74, 6) is 1.25. The molecule has 4 rings (SSSR count). The van der Waals surface area contributed by atoms with Crippen LogP contribution >= 0.6 is 0 Å². The Balaban J connectivity index is 1.52. The molecule has 0 radical (unpaired) electrons. The average Bonchev–Trinajstić information content (AvgIpc) is 3.26. The standard InChI is InChI=1S/C19H28N10O/c1-4-29-14(9-12(2)26-29)23-15(30)10-28-11-21-16-17(24-19(20)25-18(16)28)22-13-5-7-27(3)8-6-13/h9,11,13H,4-8,10H2,1-3H3,(H,23,30)(H3,20,22,24,25). The van der Waals surface area contributed by atoms with Crippen molar-refractivity contribution in [3.63, 3.8) is 0 Å². The molecular formula is C19H28N10O. The summed E-state index contributed by atoms with van der Waals surface area (Å²) in [6.07, 6.45) is 3.64. The number of nitrogens with one attached hydrogen (secondary N) is 2. The Morgan fingerprint density at radius 3 is 2.80 bits per heavy atom. The minimum absolute atomic E-state index is 0.0640. The summed E-state index contributed by atoms with van der Waals surface area (Å²) in [4.78, 5) is 28.1. The van der Waals surface area contributed by atoms with E-state index in [1.54, 1.807) is 15.6 Å². The van der Waals surface area contributed by atoms with Gasteiger partial charge >= 0.3 is 0 Å². The average molecular weight is 413 g/mol. The zero-order chi connectivity index (χ0) is 21.3. The fourth-order valence-corrected chi connectivity index (χ4v) is 3.75. The van der Waals surface area contributed by atoms with Crippen molar-refractivity contribution in [3.8, 4) is 0 Å². The highest BCUT2D eigenvalue weighted by atomic mass is 16.2. The summed E-state index contributed by atoms with van der Waals surface area (Å²) in [6, 6.07) is 2.15. The van der Waals surface area contributed by atoms with Gasteiger partial charge in [0.25, 0.3) is 0 Å². The molecule has 1 amide bonds. The van der Waals surface area contributed by atoms with Crippen molar-refractivity contribution in [1.82, 2.24) is 34.2 Å². The monoisotopic (exact) mass is 412 g/mol. The molecule has 4 N–H and O–H groups in total. The van der Waals surface area contributed by atoms with Gasteiger partial charge in [-0.25, -0.2) is 9.67 Å². The minimum Gasteiger partial charge on any atom is -0.368 e. The fraction of sp³-hybridized carbons (Fsp3) is 0.526. The van der Waals surface area contributed by atoms with Gasteiger partial charge in [0.1, 0.15) is 12.4 Å². The van der Waals surface area contributed by atoms with Crippen molar-refractivity contribution in [1.29, 1.82) is 0 Å². The lowest BCUT2D eigenvalue weighted by Crippen LogP contribution is -2.37. The summed E-state index contributed by atoms with van der Waals surface area (Å²) in [7, 11) is 2.12. The third kappa shape index (κ3) is 4.20. The number of piperidine rings is 1. The summed E-state index contributed by atoms with van der Waals surface area (Å²) in [6.45, 7) is 6.67. The first-order chi connectivity index (χ1) is 14.4. The lowest BCUT2D eigenvalue weighted by atomic mass is 10.1. The minimum atomic E-state index is -0.189. The highest BCUT2D eigenvalue weighted by molar-refractivity contribution is 5.91. The van der Waals surface area contributed by atoms with E-state index in [0.717, 1.165) is 31.6 Å². The molecule has 0 unspecified atom stereocenters. The highest BCUT2D eigenvalue weighted by Gasteiger charge is 2.20. The smallest absolute Gasteiger partial charge is 0.245 e. The Hall–Kier alpha value is -3.21. The number of carbonyl (C=O) groups excluding carboxylic acids is 1. The van der Waals surface area contributed by atoms with E-state index in [9.17, 15) is 4.79 Å². The van der Waals surface area contributed by atoms with Crippen LogP contribution in [0.2, 0.25) is 0 Å². The summed E-state index contributed by atoms with van der Waals surface area (Å²) >= 11 is 0. The van der Waals surface area contributed by atoms with Gasteiger partial charge in [0, 0.05) is 18.7 Å². The molecule has 0 spiro atoms. The van der Waals surface area contributed by atoms with Gasteiger partial charge in [-0.05, 0) is 46.8 Å². The maximum Gasteiger partial charge on any atom is 0.245 e. The molecule has 3 aromatic heterocycles. The molecule has 1 fully saturated rings. The van der Waals surface area contributed by atoms with Crippen molar-refractivity contribution in [3.05, 3.63) is 18.1 Å². The molecule has 1 saturated heterocycles. The van der Waals surface area contributed by atoms with Gasteiger partial charge in [-0.15, -0.1) is 0 Å². The maximum absolute atomic E-state index is 12.6. The van der Waals surface area contributed by atoms with E-state index in [0.29, 0.717) is 35.4 Å². The zero-order valence-electron chi connectivity index (χ0n) is 17.6. The van der Waals surface area contributed by atoms with Crippen LogP contribution in [-0.2, 0) is 17.9 Å². The number of carbonyl (C=O) groups is 1. The van der Waals surface area contributed by atoms with Crippen LogP contribution in [0, 0.1) is 6.92 Å². The largest absolute Gasteiger partial charge is 0.368 e. The SMILES string of the molecule is CCn1nc(C)cc1NC(=O)Cn1cnc2c(NC3CCN(C)CC3)nc(N)nc21. The molecule has 1 aliphatic heterocycles. The lowest BCUT2D eigenvalue weighted by molar-refractivity contribution is -0.116. The maximum atomic E-state index is 12.6. The van der Waals surface area contributed by atoms with Crippen LogP contribution in [0.4, 0.5) is 17.6 Å². The third-order valence-corrected chi connectivity index (χ3v) is 5.32. The number of rotatable bonds is 6. The summed E-state index contributed by atoms with van der Waals surface area (Å²) in [5.41, 5.74) is 7.95. The van der Waals surface area contributed by atoms with Gasteiger partial charge in [0.05, 0.1) is 12.0 Å². The number of nitrogens with two attached hydrogens (primary N) is 1. The Labute approximate surface area is 174 Å². The van der Waals surface area contributed by atoms with Crippen LogP contribution < -0.4 is 16.4 Å². The molecule has 3 aromatic rings. The van der Waals surface area contributed by atoms with Gasteiger partial charge in [0.15, 0.2) is 17.0 Å². The van der Waals surface area contributed by atoms with Gasteiger partial charge in [-0.1, -0.05) is 0 Å². The van der Waals surface area contributed by atoms with E-state index in [1.807, 2.05) is 19.9 Å². The molecule has 0 saturated carbocycles. The van der Waals surface area contributed by atoms with Crippen LogP contribution in [0.15, 0.2) is 12.4 Å². The first-order valence-corrected chi connectivity index (χ1v) is 10.2. The summed E-state index contributed by atoms with van der Waals surface area (Å²) in [5, 5.41) is 10.7. The molecule has 11 heteroatoms. The molecule has 0 atom stereocenters. The number of hydrogen-bond acceptors (Lipinski definition) is 8. The van der Waals surface area contributed by atoms with Crippen molar-refractivity contribution in [2.24, 2.45) is 0 Å². The van der Waals surface area contributed by atoms with Gasteiger partial charge in [-0.3, -0.25) is 4.79 Å². The van der Waals surface area contributed by atoms with E-state index < -0.39 is 0 Å². The second-order valence-corrected chi connectivity index (χ2v) is 7.73. The van der Waals surface area contributed by atoms with E-state index >= 15 is 0 Å². The van der Waals surface area contributed by atoms with Crippen LogP contribution in [0.3, 0.4) is 0 Å². The normalized spacial score (nSPS) is 15.6. The number of amides is 1. The van der Waals surface area contributed by atoms with Crippen LogP contribution in [0.1, 0.15) is 25.5 Å². The predicted molar refractivity (Wildman–Crippen MR) is 115 cm³/mol. The number of aromatic nitrogens is 6. The highest BCUT2D eigenvalue weighted by Crippen LogP contribution is 2.23. The number of imidazole rings is 1. The number of nitrogen functional groups attached to an aromatic ring is 1. The molecule has 0 aliphatic carbocycles. The Bertz CT molecular complexity index is 1050. The first kappa shape index (κ1) is 20.1. The second kappa shape index (κ2) is 8.27. The quantitative estimate of drug-likeness (QED) is 0.548. The van der Waals surface area contributed by atoms with Crippen molar-refractivity contribution < 1.29 is 4.79 Å². The van der Waals surface area contributed by atoms with E-state index in [2.05, 4.69) is 42.6 Å². The lowest BCUT2D eigenvalue weighted by Gasteiger charge is -2.29. The Kier molecular flexibility index (Phi) is 5.53. The van der Waals surface area contributed by atoms with E-state index in [1.165, 1.54) is 0 Å².